The number of likely N-dealkylation sites (N-methyl/N-ethyl adjacent to an activating group) is 2. The average molecular weight is 420 g/mol. The van der Waals surface area contributed by atoms with Gasteiger partial charge in [0.1, 0.15) is 5.75 Å². The minimum atomic E-state index is -0.153. The molecule has 2 aromatic rings. The number of carbonyl (C=O) groups is 2. The number of hydrogen-bond acceptors (Lipinski definition) is 6. The largest absolute Gasteiger partial charge is 0.497 e. The average Bonchev–Trinajstić information content (AvgIpc) is 3.14. The molecule has 0 radical (unpaired) electrons. The molecule has 9 heteroatoms. The minimum absolute atomic E-state index is 0.0672. The quantitative estimate of drug-likeness (QED) is 0.596. The molecular formula is C20H29N5O3S. The lowest BCUT2D eigenvalue weighted by atomic mass is 10.2. The first-order valence-electron chi connectivity index (χ1n) is 9.67. The van der Waals surface area contributed by atoms with E-state index in [9.17, 15) is 9.59 Å². The molecule has 0 aliphatic heterocycles. The second-order valence-corrected chi connectivity index (χ2v) is 7.59. The number of amides is 2. The van der Waals surface area contributed by atoms with Crippen molar-refractivity contribution in [2.24, 2.45) is 0 Å². The van der Waals surface area contributed by atoms with E-state index >= 15 is 0 Å². The van der Waals surface area contributed by atoms with Gasteiger partial charge in [-0.05, 0) is 52.0 Å². The molecular weight excluding hydrogens is 390 g/mol. The van der Waals surface area contributed by atoms with Crippen LogP contribution in [-0.4, -0.2) is 64.0 Å². The number of nitrogens with one attached hydrogen (secondary N) is 1. The summed E-state index contributed by atoms with van der Waals surface area (Å²) in [5.41, 5.74) is 0.927. The van der Waals surface area contributed by atoms with Gasteiger partial charge in [-0.3, -0.25) is 14.2 Å². The second-order valence-electron chi connectivity index (χ2n) is 6.65. The van der Waals surface area contributed by atoms with E-state index < -0.39 is 0 Å². The molecule has 1 aromatic heterocycles. The number of benzene rings is 1. The predicted octanol–water partition coefficient (Wildman–Crippen LogP) is 2.61. The van der Waals surface area contributed by atoms with Crippen LogP contribution in [0.15, 0.2) is 29.4 Å². The molecule has 0 atom stereocenters. The van der Waals surface area contributed by atoms with E-state index in [2.05, 4.69) is 29.4 Å². The summed E-state index contributed by atoms with van der Waals surface area (Å²) in [6.45, 7) is 8.91. The van der Waals surface area contributed by atoms with Crippen molar-refractivity contribution in [1.82, 2.24) is 25.0 Å². The standard InChI is InChI=1S/C20H29N5O3S/c1-6-21-17(26)12-24(7-2)18(27)13-29-20-23-22-19(25(20)14(3)4)15-8-10-16(28-5)11-9-15/h8-11,14H,6-7,12-13H2,1-5H3,(H,21,26). The van der Waals surface area contributed by atoms with Gasteiger partial charge in [0, 0.05) is 24.7 Å². The SMILES string of the molecule is CCNC(=O)CN(CC)C(=O)CSc1nnc(-c2ccc(OC)cc2)n1C(C)C. The molecule has 0 aliphatic rings. The van der Waals surface area contributed by atoms with Gasteiger partial charge in [0.2, 0.25) is 11.8 Å². The van der Waals surface area contributed by atoms with Gasteiger partial charge in [0.05, 0.1) is 19.4 Å². The highest BCUT2D eigenvalue weighted by molar-refractivity contribution is 7.99. The molecule has 0 saturated carbocycles. The first-order chi connectivity index (χ1) is 13.9. The summed E-state index contributed by atoms with van der Waals surface area (Å²) in [5, 5.41) is 12.0. The van der Waals surface area contributed by atoms with Crippen molar-refractivity contribution in [2.75, 3.05) is 32.5 Å². The van der Waals surface area contributed by atoms with Crippen molar-refractivity contribution in [3.8, 4) is 17.1 Å². The molecule has 0 unspecified atom stereocenters. The van der Waals surface area contributed by atoms with Crippen LogP contribution < -0.4 is 10.1 Å². The Balaban J connectivity index is 2.13. The van der Waals surface area contributed by atoms with E-state index in [0.717, 1.165) is 17.1 Å². The molecule has 2 amide bonds. The van der Waals surface area contributed by atoms with Gasteiger partial charge in [0.15, 0.2) is 11.0 Å². The van der Waals surface area contributed by atoms with Gasteiger partial charge >= 0.3 is 0 Å². The van der Waals surface area contributed by atoms with Crippen molar-refractivity contribution in [3.05, 3.63) is 24.3 Å². The van der Waals surface area contributed by atoms with Crippen molar-refractivity contribution in [1.29, 1.82) is 0 Å². The third-order valence-electron chi connectivity index (χ3n) is 4.30. The predicted molar refractivity (Wildman–Crippen MR) is 114 cm³/mol. The van der Waals surface area contributed by atoms with Crippen LogP contribution in [0.3, 0.4) is 0 Å². The van der Waals surface area contributed by atoms with Crippen molar-refractivity contribution in [3.63, 3.8) is 0 Å². The zero-order valence-electron chi connectivity index (χ0n) is 17.6. The van der Waals surface area contributed by atoms with Crippen LogP contribution in [0.1, 0.15) is 33.7 Å². The fourth-order valence-electron chi connectivity index (χ4n) is 2.80. The fraction of sp³-hybridized carbons (Fsp3) is 0.500. The van der Waals surface area contributed by atoms with Crippen LogP contribution in [0, 0.1) is 0 Å². The maximum Gasteiger partial charge on any atom is 0.239 e. The molecule has 0 bridgehead atoms. The summed E-state index contributed by atoms with van der Waals surface area (Å²) in [6, 6.07) is 7.76. The first kappa shape index (κ1) is 22.7. The Kier molecular flexibility index (Phi) is 8.50. The van der Waals surface area contributed by atoms with E-state index in [4.69, 9.17) is 4.74 Å². The molecule has 2 rings (SSSR count). The van der Waals surface area contributed by atoms with Gasteiger partial charge in [-0.25, -0.2) is 0 Å². The van der Waals surface area contributed by atoms with Gasteiger partial charge in [0.25, 0.3) is 0 Å². The number of hydrogen-bond donors (Lipinski definition) is 1. The molecule has 158 valence electrons. The zero-order chi connectivity index (χ0) is 21.4. The van der Waals surface area contributed by atoms with Gasteiger partial charge in [-0.15, -0.1) is 10.2 Å². The van der Waals surface area contributed by atoms with Crippen molar-refractivity contribution in [2.45, 2.75) is 38.9 Å². The molecule has 1 heterocycles. The van der Waals surface area contributed by atoms with Crippen LogP contribution in [0.5, 0.6) is 5.75 Å². The smallest absolute Gasteiger partial charge is 0.239 e. The molecule has 0 fully saturated rings. The van der Waals surface area contributed by atoms with E-state index in [-0.39, 0.29) is 30.2 Å². The van der Waals surface area contributed by atoms with E-state index in [1.54, 1.807) is 12.0 Å². The van der Waals surface area contributed by atoms with E-state index in [1.807, 2.05) is 42.7 Å². The lowest BCUT2D eigenvalue weighted by Crippen LogP contribution is -2.41. The molecule has 1 aromatic carbocycles. The lowest BCUT2D eigenvalue weighted by Gasteiger charge is -2.20. The number of rotatable bonds is 10. The van der Waals surface area contributed by atoms with Crippen LogP contribution >= 0.6 is 11.8 Å². The number of aromatic nitrogens is 3. The zero-order valence-corrected chi connectivity index (χ0v) is 18.5. The van der Waals surface area contributed by atoms with Crippen LogP contribution in [-0.2, 0) is 9.59 Å². The Hall–Kier alpha value is -2.55. The highest BCUT2D eigenvalue weighted by Crippen LogP contribution is 2.28. The summed E-state index contributed by atoms with van der Waals surface area (Å²) < 4.78 is 7.22. The number of carbonyl (C=O) groups excluding carboxylic acids is 2. The maximum absolute atomic E-state index is 12.6. The Morgan fingerprint density at radius 3 is 2.45 bits per heavy atom. The topological polar surface area (TPSA) is 89.3 Å². The highest BCUT2D eigenvalue weighted by Gasteiger charge is 2.20. The number of methoxy groups -OCH3 is 1. The highest BCUT2D eigenvalue weighted by atomic mass is 32.2. The molecule has 29 heavy (non-hydrogen) atoms. The van der Waals surface area contributed by atoms with E-state index in [0.29, 0.717) is 18.2 Å². The van der Waals surface area contributed by atoms with Crippen LogP contribution in [0.25, 0.3) is 11.4 Å². The maximum atomic E-state index is 12.6. The summed E-state index contributed by atoms with van der Waals surface area (Å²) in [6.07, 6.45) is 0. The molecule has 0 spiro atoms. The second kappa shape index (κ2) is 10.8. The van der Waals surface area contributed by atoms with Crippen LogP contribution in [0.4, 0.5) is 0 Å². The summed E-state index contributed by atoms with van der Waals surface area (Å²) in [4.78, 5) is 25.9. The third-order valence-corrected chi connectivity index (χ3v) is 5.22. The summed E-state index contributed by atoms with van der Waals surface area (Å²) in [5.74, 6) is 1.46. The molecule has 1 N–H and O–H groups in total. The Labute approximate surface area is 176 Å². The number of ether oxygens (including phenoxy) is 1. The van der Waals surface area contributed by atoms with Gasteiger partial charge in [-0.1, -0.05) is 11.8 Å². The third kappa shape index (κ3) is 5.96. The summed E-state index contributed by atoms with van der Waals surface area (Å²) >= 11 is 1.33. The van der Waals surface area contributed by atoms with Gasteiger partial charge < -0.3 is 15.0 Å². The fourth-order valence-corrected chi connectivity index (χ4v) is 3.77. The Bertz CT molecular complexity index is 820. The number of thioether (sulfide) groups is 1. The lowest BCUT2D eigenvalue weighted by molar-refractivity contribution is -0.133. The van der Waals surface area contributed by atoms with Crippen LogP contribution in [0.2, 0.25) is 0 Å². The molecule has 0 aliphatic carbocycles. The Morgan fingerprint density at radius 2 is 1.90 bits per heavy atom. The first-order valence-corrected chi connectivity index (χ1v) is 10.7. The van der Waals surface area contributed by atoms with E-state index in [1.165, 1.54) is 11.8 Å². The normalized spacial score (nSPS) is 10.8. The van der Waals surface area contributed by atoms with Gasteiger partial charge in [-0.2, -0.15) is 0 Å². The van der Waals surface area contributed by atoms with Crippen molar-refractivity contribution >= 4 is 23.6 Å². The molecule has 0 saturated heterocycles. The number of nitrogens with zero attached hydrogens (tertiary/aromatic N) is 4. The minimum Gasteiger partial charge on any atom is -0.497 e. The molecule has 8 nitrogen and oxygen atoms in total. The van der Waals surface area contributed by atoms with Crippen molar-refractivity contribution < 1.29 is 14.3 Å². The Morgan fingerprint density at radius 1 is 1.21 bits per heavy atom. The summed E-state index contributed by atoms with van der Waals surface area (Å²) in [7, 11) is 1.63. The monoisotopic (exact) mass is 419 g/mol.